The molecule has 3 aromatic rings. The summed E-state index contributed by atoms with van der Waals surface area (Å²) in [6.45, 7) is 0. The van der Waals surface area contributed by atoms with E-state index in [0.29, 0.717) is 22.1 Å². The second kappa shape index (κ2) is 5.35. The predicted octanol–water partition coefficient (Wildman–Crippen LogP) is 4.83. The molecule has 0 radical (unpaired) electrons. The smallest absolute Gasteiger partial charge is 0.228 e. The van der Waals surface area contributed by atoms with Gasteiger partial charge in [0.05, 0.1) is 0 Å². The van der Waals surface area contributed by atoms with E-state index in [2.05, 4.69) is 0 Å². The molecule has 0 saturated carbocycles. The van der Waals surface area contributed by atoms with E-state index in [1.807, 2.05) is 30.3 Å². The van der Waals surface area contributed by atoms with Crippen molar-refractivity contribution in [1.29, 1.82) is 0 Å². The fourth-order valence-corrected chi connectivity index (χ4v) is 2.09. The van der Waals surface area contributed by atoms with Gasteiger partial charge in [-0.2, -0.15) is 0 Å². The number of hydrogen-bond donors (Lipinski definition) is 0. The van der Waals surface area contributed by atoms with E-state index in [-0.39, 0.29) is 5.78 Å². The fraction of sp³-hybridized carbons (Fsp3) is 0. The summed E-state index contributed by atoms with van der Waals surface area (Å²) in [6.07, 6.45) is 0. The molecule has 20 heavy (non-hydrogen) atoms. The Labute approximate surface area is 121 Å². The first kappa shape index (κ1) is 12.7. The molecular formula is C17H11ClO2. The lowest BCUT2D eigenvalue weighted by Crippen LogP contribution is -1.98. The van der Waals surface area contributed by atoms with Crippen molar-refractivity contribution in [2.75, 3.05) is 0 Å². The molecule has 0 aliphatic carbocycles. The third-order valence-electron chi connectivity index (χ3n) is 2.99. The minimum absolute atomic E-state index is 0.120. The van der Waals surface area contributed by atoms with Crippen LogP contribution in [0.25, 0.3) is 11.3 Å². The molecule has 1 heterocycles. The van der Waals surface area contributed by atoms with Crippen molar-refractivity contribution in [3.8, 4) is 11.3 Å². The highest BCUT2D eigenvalue weighted by molar-refractivity contribution is 6.30. The highest BCUT2D eigenvalue weighted by atomic mass is 35.5. The molecule has 98 valence electrons. The van der Waals surface area contributed by atoms with Crippen molar-refractivity contribution in [2.45, 2.75) is 0 Å². The number of carbonyl (C=O) groups excluding carboxylic acids is 1. The van der Waals surface area contributed by atoms with Crippen LogP contribution in [0, 0.1) is 0 Å². The van der Waals surface area contributed by atoms with E-state index in [0.717, 1.165) is 5.56 Å². The van der Waals surface area contributed by atoms with Crippen LogP contribution in [0.15, 0.2) is 71.1 Å². The minimum Gasteiger partial charge on any atom is -0.453 e. The Morgan fingerprint density at radius 3 is 2.25 bits per heavy atom. The molecule has 0 aliphatic rings. The Balaban J connectivity index is 1.91. The fourth-order valence-electron chi connectivity index (χ4n) is 1.96. The van der Waals surface area contributed by atoms with Gasteiger partial charge in [-0.25, -0.2) is 0 Å². The maximum absolute atomic E-state index is 12.2. The molecule has 0 amide bonds. The summed E-state index contributed by atoms with van der Waals surface area (Å²) in [6, 6.07) is 19.9. The lowest BCUT2D eigenvalue weighted by atomic mass is 10.1. The Hall–Kier alpha value is -2.32. The molecule has 3 rings (SSSR count). The standard InChI is InChI=1S/C17H11ClO2/c18-14-8-6-12(7-9-14)15-10-11-16(20-15)17(19)13-4-2-1-3-5-13/h1-11H. The Kier molecular flexibility index (Phi) is 3.40. The molecule has 0 bridgehead atoms. The molecule has 0 N–H and O–H groups in total. The molecule has 0 spiro atoms. The van der Waals surface area contributed by atoms with Gasteiger partial charge in [0.25, 0.3) is 0 Å². The lowest BCUT2D eigenvalue weighted by Gasteiger charge is -1.98. The summed E-state index contributed by atoms with van der Waals surface area (Å²) >= 11 is 5.85. The van der Waals surface area contributed by atoms with Crippen LogP contribution in [0.1, 0.15) is 16.1 Å². The van der Waals surface area contributed by atoms with Crippen molar-refractivity contribution in [3.05, 3.63) is 83.1 Å². The highest BCUT2D eigenvalue weighted by Gasteiger charge is 2.13. The summed E-state index contributed by atoms with van der Waals surface area (Å²) in [4.78, 5) is 12.2. The van der Waals surface area contributed by atoms with E-state index in [4.69, 9.17) is 16.0 Å². The van der Waals surface area contributed by atoms with Gasteiger partial charge < -0.3 is 4.42 Å². The zero-order valence-electron chi connectivity index (χ0n) is 10.5. The Morgan fingerprint density at radius 1 is 0.850 bits per heavy atom. The number of furan rings is 1. The summed E-state index contributed by atoms with van der Waals surface area (Å²) in [5, 5.41) is 0.667. The first-order valence-corrected chi connectivity index (χ1v) is 6.57. The quantitative estimate of drug-likeness (QED) is 0.644. The molecule has 2 aromatic carbocycles. The monoisotopic (exact) mass is 282 g/mol. The largest absolute Gasteiger partial charge is 0.453 e. The molecular weight excluding hydrogens is 272 g/mol. The van der Waals surface area contributed by atoms with Crippen molar-refractivity contribution >= 4 is 17.4 Å². The number of carbonyl (C=O) groups is 1. The Bertz CT molecular complexity index is 727. The van der Waals surface area contributed by atoms with E-state index in [9.17, 15) is 4.79 Å². The average molecular weight is 283 g/mol. The normalized spacial score (nSPS) is 10.4. The van der Waals surface area contributed by atoms with E-state index >= 15 is 0 Å². The van der Waals surface area contributed by atoms with Crippen molar-refractivity contribution in [3.63, 3.8) is 0 Å². The molecule has 2 nitrogen and oxygen atoms in total. The van der Waals surface area contributed by atoms with Gasteiger partial charge in [0, 0.05) is 16.1 Å². The lowest BCUT2D eigenvalue weighted by molar-refractivity contribution is 0.101. The van der Waals surface area contributed by atoms with Crippen LogP contribution in [-0.4, -0.2) is 5.78 Å². The maximum atomic E-state index is 12.2. The van der Waals surface area contributed by atoms with Gasteiger partial charge in [0.1, 0.15) is 5.76 Å². The van der Waals surface area contributed by atoms with Gasteiger partial charge in [-0.1, -0.05) is 41.9 Å². The van der Waals surface area contributed by atoms with E-state index < -0.39 is 0 Å². The first-order valence-electron chi connectivity index (χ1n) is 6.19. The molecule has 3 heteroatoms. The predicted molar refractivity (Wildman–Crippen MR) is 79.0 cm³/mol. The first-order chi connectivity index (χ1) is 9.74. The van der Waals surface area contributed by atoms with Crippen molar-refractivity contribution in [1.82, 2.24) is 0 Å². The summed E-state index contributed by atoms with van der Waals surface area (Å²) in [7, 11) is 0. The summed E-state index contributed by atoms with van der Waals surface area (Å²) < 4.78 is 5.63. The Morgan fingerprint density at radius 2 is 1.55 bits per heavy atom. The van der Waals surface area contributed by atoms with Crippen LogP contribution in [-0.2, 0) is 0 Å². The SMILES string of the molecule is O=C(c1ccccc1)c1ccc(-c2ccc(Cl)cc2)o1. The van der Waals surface area contributed by atoms with Crippen LogP contribution in [0.5, 0.6) is 0 Å². The van der Waals surface area contributed by atoms with Gasteiger partial charge in [-0.15, -0.1) is 0 Å². The molecule has 0 saturated heterocycles. The number of halogens is 1. The van der Waals surface area contributed by atoms with Crippen LogP contribution in [0.4, 0.5) is 0 Å². The van der Waals surface area contributed by atoms with E-state index in [1.165, 1.54) is 0 Å². The average Bonchev–Trinajstić information content (AvgIpc) is 2.98. The van der Waals surface area contributed by atoms with Crippen LogP contribution >= 0.6 is 11.6 Å². The van der Waals surface area contributed by atoms with Gasteiger partial charge in [-0.05, 0) is 36.4 Å². The zero-order chi connectivity index (χ0) is 13.9. The van der Waals surface area contributed by atoms with Gasteiger partial charge in [0.2, 0.25) is 5.78 Å². The molecule has 0 aliphatic heterocycles. The van der Waals surface area contributed by atoms with Crippen LogP contribution < -0.4 is 0 Å². The van der Waals surface area contributed by atoms with Crippen LogP contribution in [0.3, 0.4) is 0 Å². The van der Waals surface area contributed by atoms with Crippen molar-refractivity contribution in [2.24, 2.45) is 0 Å². The van der Waals surface area contributed by atoms with Gasteiger partial charge in [-0.3, -0.25) is 4.79 Å². The topological polar surface area (TPSA) is 30.2 Å². The molecule has 0 fully saturated rings. The van der Waals surface area contributed by atoms with E-state index in [1.54, 1.807) is 36.4 Å². The number of hydrogen-bond acceptors (Lipinski definition) is 2. The van der Waals surface area contributed by atoms with Crippen LogP contribution in [0.2, 0.25) is 5.02 Å². The zero-order valence-corrected chi connectivity index (χ0v) is 11.3. The summed E-state index contributed by atoms with van der Waals surface area (Å²) in [5.74, 6) is 0.868. The van der Waals surface area contributed by atoms with Crippen molar-refractivity contribution < 1.29 is 9.21 Å². The van der Waals surface area contributed by atoms with Gasteiger partial charge >= 0.3 is 0 Å². The minimum atomic E-state index is -0.120. The maximum Gasteiger partial charge on any atom is 0.228 e. The highest BCUT2D eigenvalue weighted by Crippen LogP contribution is 2.24. The molecule has 1 aromatic heterocycles. The third kappa shape index (κ3) is 2.51. The number of ketones is 1. The molecule has 0 atom stereocenters. The second-order valence-electron chi connectivity index (χ2n) is 4.37. The number of rotatable bonds is 3. The number of benzene rings is 2. The summed E-state index contributed by atoms with van der Waals surface area (Å²) in [5.41, 5.74) is 1.51. The second-order valence-corrected chi connectivity index (χ2v) is 4.80. The van der Waals surface area contributed by atoms with Gasteiger partial charge in [0.15, 0.2) is 5.76 Å². The third-order valence-corrected chi connectivity index (χ3v) is 3.25. The molecule has 0 unspecified atom stereocenters.